The minimum atomic E-state index is 0. The Labute approximate surface area is 158 Å². The molecule has 0 saturated heterocycles. The minimum absolute atomic E-state index is 0. The molecular weight excluding hydrogens is 346 g/mol. The van der Waals surface area contributed by atoms with E-state index in [1.165, 1.54) is 102 Å². The number of rotatable bonds is 16. The van der Waals surface area contributed by atoms with Gasteiger partial charge in [0.15, 0.2) is 0 Å². The van der Waals surface area contributed by atoms with Gasteiger partial charge in [-0.25, -0.2) is 0 Å². The SMILES string of the molecule is C=C(CCCCCCCCCCCCCCCC)[N+](C)(C)C.[Br-]. The lowest BCUT2D eigenvalue weighted by atomic mass is 10.0. The Kier molecular flexibility index (Phi) is 18.8. The van der Waals surface area contributed by atoms with Gasteiger partial charge in [0.05, 0.1) is 21.1 Å². The van der Waals surface area contributed by atoms with Gasteiger partial charge in [-0.1, -0.05) is 90.4 Å². The fourth-order valence-electron chi connectivity index (χ4n) is 2.86. The highest BCUT2D eigenvalue weighted by Crippen LogP contribution is 2.16. The van der Waals surface area contributed by atoms with Crippen molar-refractivity contribution in [1.29, 1.82) is 0 Å². The van der Waals surface area contributed by atoms with Crippen LogP contribution < -0.4 is 17.0 Å². The van der Waals surface area contributed by atoms with E-state index in [1.54, 1.807) is 0 Å². The van der Waals surface area contributed by atoms with Crippen LogP contribution in [0.25, 0.3) is 0 Å². The lowest BCUT2D eigenvalue weighted by Gasteiger charge is -2.25. The smallest absolute Gasteiger partial charge is 0.101 e. The van der Waals surface area contributed by atoms with Crippen molar-refractivity contribution in [2.45, 2.75) is 103 Å². The largest absolute Gasteiger partial charge is 1.00 e. The topological polar surface area (TPSA) is 0 Å². The zero-order chi connectivity index (χ0) is 16.7. The van der Waals surface area contributed by atoms with E-state index in [2.05, 4.69) is 34.6 Å². The molecule has 0 aliphatic heterocycles. The van der Waals surface area contributed by atoms with E-state index in [1.807, 2.05) is 0 Å². The highest BCUT2D eigenvalue weighted by Gasteiger charge is 2.12. The summed E-state index contributed by atoms with van der Waals surface area (Å²) in [7, 11) is 6.64. The zero-order valence-electron chi connectivity index (χ0n) is 16.6. The van der Waals surface area contributed by atoms with Crippen LogP contribution in [0.5, 0.6) is 0 Å². The van der Waals surface area contributed by atoms with Gasteiger partial charge in [0.25, 0.3) is 0 Å². The molecular formula is C21H44BrN. The zero-order valence-corrected chi connectivity index (χ0v) is 18.2. The van der Waals surface area contributed by atoms with Crippen molar-refractivity contribution in [3.05, 3.63) is 12.3 Å². The third kappa shape index (κ3) is 18.4. The van der Waals surface area contributed by atoms with Crippen LogP contribution in [0.3, 0.4) is 0 Å². The van der Waals surface area contributed by atoms with E-state index in [-0.39, 0.29) is 17.0 Å². The Morgan fingerprint density at radius 2 is 0.913 bits per heavy atom. The van der Waals surface area contributed by atoms with Crippen LogP contribution in [0.2, 0.25) is 0 Å². The Bertz CT molecular complexity index is 255. The normalized spacial score (nSPS) is 11.3. The third-order valence-corrected chi connectivity index (χ3v) is 4.77. The summed E-state index contributed by atoms with van der Waals surface area (Å²) in [6.07, 6.45) is 21.3. The first kappa shape index (κ1) is 25.4. The summed E-state index contributed by atoms with van der Waals surface area (Å²) in [5.74, 6) is 0. The third-order valence-electron chi connectivity index (χ3n) is 4.77. The lowest BCUT2D eigenvalue weighted by molar-refractivity contribution is -0.832. The van der Waals surface area contributed by atoms with Crippen molar-refractivity contribution < 1.29 is 21.5 Å². The molecule has 0 radical (unpaired) electrons. The molecule has 0 aromatic rings. The van der Waals surface area contributed by atoms with Gasteiger partial charge in [-0.3, -0.25) is 0 Å². The lowest BCUT2D eigenvalue weighted by Crippen LogP contribution is -3.00. The minimum Gasteiger partial charge on any atom is -1.00 e. The molecule has 23 heavy (non-hydrogen) atoms. The average molecular weight is 390 g/mol. The summed E-state index contributed by atoms with van der Waals surface area (Å²) in [6.45, 7) is 6.49. The molecule has 0 aliphatic rings. The number of halogens is 1. The van der Waals surface area contributed by atoms with Gasteiger partial charge in [0.2, 0.25) is 0 Å². The molecule has 0 spiro atoms. The van der Waals surface area contributed by atoms with Gasteiger partial charge in [-0.2, -0.15) is 0 Å². The van der Waals surface area contributed by atoms with Crippen LogP contribution in [0, 0.1) is 0 Å². The summed E-state index contributed by atoms with van der Waals surface area (Å²) in [4.78, 5) is 0. The Morgan fingerprint density at radius 1 is 0.609 bits per heavy atom. The number of hydrogen-bond acceptors (Lipinski definition) is 0. The van der Waals surface area contributed by atoms with Crippen LogP contribution in [-0.4, -0.2) is 25.6 Å². The predicted molar refractivity (Wildman–Crippen MR) is 102 cm³/mol. The molecule has 0 rings (SSSR count). The maximum absolute atomic E-state index is 4.20. The second kappa shape index (κ2) is 17.0. The molecule has 2 heteroatoms. The molecule has 0 aliphatic carbocycles. The quantitative estimate of drug-likeness (QED) is 0.275. The van der Waals surface area contributed by atoms with Gasteiger partial charge >= 0.3 is 0 Å². The van der Waals surface area contributed by atoms with Crippen molar-refractivity contribution in [3.8, 4) is 0 Å². The van der Waals surface area contributed by atoms with E-state index >= 15 is 0 Å². The highest BCUT2D eigenvalue weighted by atomic mass is 79.9. The predicted octanol–water partition coefficient (Wildman–Crippen LogP) is 4.08. The van der Waals surface area contributed by atoms with Crippen LogP contribution in [-0.2, 0) is 0 Å². The van der Waals surface area contributed by atoms with Gasteiger partial charge in [-0.05, 0) is 13.0 Å². The fourth-order valence-corrected chi connectivity index (χ4v) is 2.86. The van der Waals surface area contributed by atoms with Crippen LogP contribution in [0.1, 0.15) is 103 Å². The Hall–Kier alpha value is 0.180. The maximum Gasteiger partial charge on any atom is 0.101 e. The summed E-state index contributed by atoms with van der Waals surface area (Å²) in [5.41, 5.74) is 1.36. The van der Waals surface area contributed by atoms with Crippen LogP contribution >= 0.6 is 0 Å². The molecule has 0 heterocycles. The van der Waals surface area contributed by atoms with Crippen molar-refractivity contribution in [2.24, 2.45) is 0 Å². The van der Waals surface area contributed by atoms with E-state index in [0.29, 0.717) is 0 Å². The van der Waals surface area contributed by atoms with Gasteiger partial charge < -0.3 is 21.5 Å². The molecule has 0 bridgehead atoms. The monoisotopic (exact) mass is 389 g/mol. The molecule has 0 unspecified atom stereocenters. The molecule has 0 amide bonds. The van der Waals surface area contributed by atoms with E-state index in [9.17, 15) is 0 Å². The summed E-state index contributed by atoms with van der Waals surface area (Å²) < 4.78 is 0.915. The molecule has 0 aromatic heterocycles. The van der Waals surface area contributed by atoms with Crippen LogP contribution in [0.15, 0.2) is 12.3 Å². The summed E-state index contributed by atoms with van der Waals surface area (Å²) in [6, 6.07) is 0. The number of allylic oxidation sites excluding steroid dienone is 1. The van der Waals surface area contributed by atoms with Crippen molar-refractivity contribution in [3.63, 3.8) is 0 Å². The number of unbranched alkanes of at least 4 members (excludes halogenated alkanes) is 13. The highest BCUT2D eigenvalue weighted by molar-refractivity contribution is 4.81. The molecule has 0 N–H and O–H groups in total. The molecule has 0 aromatic carbocycles. The standard InChI is InChI=1S/C21H44N.BrH/c1-6-7-8-9-10-11-12-13-14-15-16-17-18-19-20-21(2)22(3,4)5;/h2,6-20H2,1,3-5H3;1H/q+1;/p-1. The van der Waals surface area contributed by atoms with Gasteiger partial charge in [0, 0.05) is 6.42 Å². The summed E-state index contributed by atoms with van der Waals surface area (Å²) in [5, 5.41) is 0. The second-order valence-electron chi connectivity index (χ2n) is 7.92. The molecule has 140 valence electrons. The van der Waals surface area contributed by atoms with Crippen molar-refractivity contribution in [1.82, 2.24) is 0 Å². The van der Waals surface area contributed by atoms with E-state index in [0.717, 1.165) is 4.48 Å². The Morgan fingerprint density at radius 3 is 1.22 bits per heavy atom. The number of hydrogen-bond donors (Lipinski definition) is 0. The summed E-state index contributed by atoms with van der Waals surface area (Å²) >= 11 is 0. The fraction of sp³-hybridized carbons (Fsp3) is 0.905. The van der Waals surface area contributed by atoms with E-state index in [4.69, 9.17) is 0 Å². The molecule has 1 nitrogen and oxygen atoms in total. The first-order chi connectivity index (χ1) is 10.5. The first-order valence-electron chi connectivity index (χ1n) is 9.98. The Balaban J connectivity index is 0. The average Bonchev–Trinajstić information content (AvgIpc) is 2.46. The second-order valence-corrected chi connectivity index (χ2v) is 7.92. The van der Waals surface area contributed by atoms with Crippen LogP contribution in [0.4, 0.5) is 0 Å². The van der Waals surface area contributed by atoms with E-state index < -0.39 is 0 Å². The first-order valence-corrected chi connectivity index (χ1v) is 9.98. The molecule has 0 fully saturated rings. The number of nitrogens with zero attached hydrogens (tertiary/aromatic N) is 1. The molecule has 0 saturated carbocycles. The van der Waals surface area contributed by atoms with Crippen molar-refractivity contribution >= 4 is 0 Å². The molecule has 0 atom stereocenters. The maximum atomic E-state index is 4.20. The van der Waals surface area contributed by atoms with Gasteiger partial charge in [0.1, 0.15) is 5.70 Å². The van der Waals surface area contributed by atoms with Gasteiger partial charge in [-0.15, -0.1) is 0 Å². The van der Waals surface area contributed by atoms with Crippen molar-refractivity contribution in [2.75, 3.05) is 21.1 Å². The number of quaternary nitrogens is 1.